The van der Waals surface area contributed by atoms with Crippen molar-refractivity contribution in [3.8, 4) is 0 Å². The molecule has 1 aliphatic rings. The first kappa shape index (κ1) is 14.0. The largest absolute Gasteiger partial charge is 0.371 e. The van der Waals surface area contributed by atoms with Crippen molar-refractivity contribution in [2.24, 2.45) is 0 Å². The fourth-order valence-corrected chi connectivity index (χ4v) is 2.02. The second-order valence-corrected chi connectivity index (χ2v) is 5.56. The predicted molar refractivity (Wildman–Crippen MR) is 72.3 cm³/mol. The number of rotatable bonds is 3. The summed E-state index contributed by atoms with van der Waals surface area (Å²) in [5.74, 6) is 0.796. The normalized spacial score (nSPS) is 20.3. The van der Waals surface area contributed by atoms with E-state index < -0.39 is 6.23 Å². The van der Waals surface area contributed by atoms with Crippen LogP contribution in [0.1, 0.15) is 19.5 Å². The molecule has 0 aromatic carbocycles. The monoisotopic (exact) mass is 284 g/mol. The van der Waals surface area contributed by atoms with Gasteiger partial charge in [0.15, 0.2) is 6.23 Å². The molecule has 0 aliphatic carbocycles. The van der Waals surface area contributed by atoms with Crippen molar-refractivity contribution in [3.05, 3.63) is 18.1 Å². The van der Waals surface area contributed by atoms with Gasteiger partial charge in [0, 0.05) is 24.4 Å². The summed E-state index contributed by atoms with van der Waals surface area (Å²) in [6.45, 7) is 4.18. The average molecular weight is 285 g/mol. The Morgan fingerprint density at radius 2 is 2.21 bits per heavy atom. The molecule has 1 aromatic heterocycles. The highest BCUT2D eigenvalue weighted by atomic mass is 35.5. The van der Waals surface area contributed by atoms with Crippen LogP contribution in [-0.2, 0) is 5.41 Å². The van der Waals surface area contributed by atoms with E-state index in [1.807, 2.05) is 13.8 Å². The number of aliphatic hydroxyl groups is 1. The predicted octanol–water partition coefficient (Wildman–Crippen LogP) is 1.18. The summed E-state index contributed by atoms with van der Waals surface area (Å²) in [7, 11) is 1.64. The van der Waals surface area contributed by atoms with Gasteiger partial charge in [-0.1, -0.05) is 13.8 Å². The van der Waals surface area contributed by atoms with Crippen molar-refractivity contribution >= 4 is 23.4 Å². The molecule has 2 amide bonds. The number of amides is 2. The van der Waals surface area contributed by atoms with Crippen LogP contribution in [0.5, 0.6) is 0 Å². The summed E-state index contributed by atoms with van der Waals surface area (Å²) in [5, 5.41) is 9.91. The van der Waals surface area contributed by atoms with Gasteiger partial charge in [0.1, 0.15) is 12.1 Å². The van der Waals surface area contributed by atoms with Crippen LogP contribution in [0.15, 0.2) is 12.4 Å². The number of urea groups is 1. The van der Waals surface area contributed by atoms with Crippen LogP contribution in [-0.4, -0.2) is 51.7 Å². The highest BCUT2D eigenvalue weighted by Gasteiger charge is 2.36. The Morgan fingerprint density at radius 3 is 2.74 bits per heavy atom. The van der Waals surface area contributed by atoms with Crippen LogP contribution < -0.4 is 4.90 Å². The van der Waals surface area contributed by atoms with E-state index in [0.29, 0.717) is 11.7 Å². The van der Waals surface area contributed by atoms with Gasteiger partial charge in [0.2, 0.25) is 0 Å². The molecule has 0 spiro atoms. The van der Waals surface area contributed by atoms with E-state index in [4.69, 9.17) is 11.6 Å². The maximum atomic E-state index is 12.0. The van der Waals surface area contributed by atoms with Crippen LogP contribution in [0, 0.1) is 0 Å². The molecule has 0 saturated carbocycles. The van der Waals surface area contributed by atoms with E-state index >= 15 is 0 Å². The number of aliphatic hydroxyl groups excluding tert-OH is 1. The Hall–Kier alpha value is -1.40. The van der Waals surface area contributed by atoms with Crippen LogP contribution in [0.25, 0.3) is 0 Å². The number of alkyl halides is 1. The minimum Gasteiger partial charge on any atom is -0.371 e. The summed E-state index contributed by atoms with van der Waals surface area (Å²) in [5.41, 5.74) is 0.417. The molecule has 1 aliphatic heterocycles. The zero-order valence-electron chi connectivity index (χ0n) is 11.2. The number of anilines is 1. The van der Waals surface area contributed by atoms with Gasteiger partial charge in [-0.2, -0.15) is 0 Å². The van der Waals surface area contributed by atoms with Gasteiger partial charge < -0.3 is 10.0 Å². The number of carbonyl (C=O) groups is 1. The van der Waals surface area contributed by atoms with Crippen molar-refractivity contribution in [2.45, 2.75) is 25.5 Å². The van der Waals surface area contributed by atoms with Gasteiger partial charge >= 0.3 is 6.03 Å². The fraction of sp³-hybridized carbons (Fsp3) is 0.583. The van der Waals surface area contributed by atoms with Gasteiger partial charge in [0.25, 0.3) is 0 Å². The molecular formula is C12H17ClN4O2. The first-order valence-corrected chi connectivity index (χ1v) is 6.51. The van der Waals surface area contributed by atoms with Crippen molar-refractivity contribution in [3.63, 3.8) is 0 Å². The van der Waals surface area contributed by atoms with E-state index in [1.165, 1.54) is 16.1 Å². The Morgan fingerprint density at radius 1 is 1.53 bits per heavy atom. The number of hydrogen-bond donors (Lipinski definition) is 1. The van der Waals surface area contributed by atoms with Crippen LogP contribution in [0.2, 0.25) is 0 Å². The van der Waals surface area contributed by atoms with Gasteiger partial charge in [-0.3, -0.25) is 0 Å². The van der Waals surface area contributed by atoms with E-state index in [9.17, 15) is 9.90 Å². The lowest BCUT2D eigenvalue weighted by molar-refractivity contribution is 0.183. The number of nitrogens with zero attached hydrogens (tertiary/aromatic N) is 4. The molecule has 104 valence electrons. The number of halogens is 1. The molecule has 1 N–H and O–H groups in total. The molecule has 6 nitrogen and oxygen atoms in total. The Labute approximate surface area is 117 Å². The molecule has 1 aromatic rings. The van der Waals surface area contributed by atoms with E-state index in [2.05, 4.69) is 9.97 Å². The van der Waals surface area contributed by atoms with E-state index in [-0.39, 0.29) is 18.0 Å². The first-order chi connectivity index (χ1) is 8.86. The number of β-amino-alcohol motifs (C(OH)–C–C–N with tert-alkyl or cyclic N) is 1. The summed E-state index contributed by atoms with van der Waals surface area (Å²) in [4.78, 5) is 22.9. The SMILES string of the molecule is CN1CC(O)N(c2cc(C(C)(C)CCl)ncn2)C1=O. The molecule has 2 heterocycles. The lowest BCUT2D eigenvalue weighted by Gasteiger charge is -2.23. The third-order valence-electron chi connectivity index (χ3n) is 3.19. The number of hydrogen-bond acceptors (Lipinski definition) is 4. The molecule has 0 radical (unpaired) electrons. The molecule has 1 fully saturated rings. The third kappa shape index (κ3) is 2.50. The van der Waals surface area contributed by atoms with Crippen molar-refractivity contribution < 1.29 is 9.90 Å². The minimum absolute atomic E-state index is 0.261. The maximum absolute atomic E-state index is 12.0. The number of aromatic nitrogens is 2. The lowest BCUT2D eigenvalue weighted by atomic mass is 9.91. The van der Waals surface area contributed by atoms with Gasteiger partial charge in [-0.05, 0) is 0 Å². The average Bonchev–Trinajstić information content (AvgIpc) is 2.63. The maximum Gasteiger partial charge on any atom is 0.327 e. The highest BCUT2D eigenvalue weighted by molar-refractivity contribution is 6.18. The fourth-order valence-electron chi connectivity index (χ4n) is 1.88. The van der Waals surface area contributed by atoms with Crippen LogP contribution in [0.3, 0.4) is 0 Å². The summed E-state index contributed by atoms with van der Waals surface area (Å²) in [6.07, 6.45) is 0.497. The smallest absolute Gasteiger partial charge is 0.327 e. The minimum atomic E-state index is -0.889. The van der Waals surface area contributed by atoms with Crippen molar-refractivity contribution in [1.29, 1.82) is 0 Å². The Bertz CT molecular complexity index is 494. The molecule has 0 bridgehead atoms. The molecular weight excluding hydrogens is 268 g/mol. The summed E-state index contributed by atoms with van der Waals surface area (Å²) < 4.78 is 0. The lowest BCUT2D eigenvalue weighted by Crippen LogP contribution is -2.35. The standard InChI is InChI=1S/C12H17ClN4O2/c1-12(2,6-13)8-4-9(15-7-14-8)17-10(18)5-16(3)11(17)19/h4,7,10,18H,5-6H2,1-3H3. The number of likely N-dealkylation sites (N-methyl/N-ethyl adjacent to an activating group) is 1. The summed E-state index contributed by atoms with van der Waals surface area (Å²) in [6, 6.07) is 1.42. The van der Waals surface area contributed by atoms with Gasteiger partial charge in [0.05, 0.1) is 12.2 Å². The zero-order valence-corrected chi connectivity index (χ0v) is 11.9. The molecule has 19 heavy (non-hydrogen) atoms. The van der Waals surface area contributed by atoms with Crippen LogP contribution in [0.4, 0.5) is 10.6 Å². The molecule has 1 unspecified atom stereocenters. The molecule has 1 atom stereocenters. The summed E-state index contributed by atoms with van der Waals surface area (Å²) >= 11 is 5.92. The van der Waals surface area contributed by atoms with E-state index in [1.54, 1.807) is 13.1 Å². The van der Waals surface area contributed by atoms with Gasteiger partial charge in [-0.15, -0.1) is 11.6 Å². The van der Waals surface area contributed by atoms with Crippen molar-refractivity contribution in [2.75, 3.05) is 24.4 Å². The molecule has 1 saturated heterocycles. The zero-order chi connectivity index (χ0) is 14.2. The first-order valence-electron chi connectivity index (χ1n) is 5.97. The number of carbonyl (C=O) groups excluding carboxylic acids is 1. The Kier molecular flexibility index (Phi) is 3.64. The second kappa shape index (κ2) is 4.94. The third-order valence-corrected chi connectivity index (χ3v) is 3.86. The second-order valence-electron chi connectivity index (χ2n) is 5.29. The topological polar surface area (TPSA) is 69.6 Å². The van der Waals surface area contributed by atoms with E-state index in [0.717, 1.165) is 5.69 Å². The molecule has 7 heteroatoms. The molecule has 2 rings (SSSR count). The highest BCUT2D eigenvalue weighted by Crippen LogP contribution is 2.27. The Balaban J connectivity index is 2.37. The van der Waals surface area contributed by atoms with Crippen molar-refractivity contribution in [1.82, 2.24) is 14.9 Å². The van der Waals surface area contributed by atoms with Gasteiger partial charge in [-0.25, -0.2) is 19.7 Å². The quantitative estimate of drug-likeness (QED) is 0.847. The van der Waals surface area contributed by atoms with Crippen LogP contribution >= 0.6 is 11.6 Å².